The lowest BCUT2D eigenvalue weighted by Crippen LogP contribution is -2.28. The van der Waals surface area contributed by atoms with E-state index < -0.39 is 0 Å². The molecule has 27 heavy (non-hydrogen) atoms. The van der Waals surface area contributed by atoms with Crippen LogP contribution in [0.15, 0.2) is 71.2 Å². The van der Waals surface area contributed by atoms with E-state index >= 15 is 0 Å². The number of hydrogen-bond donors (Lipinski definition) is 0. The summed E-state index contributed by atoms with van der Waals surface area (Å²) in [6.07, 6.45) is 3.98. The van der Waals surface area contributed by atoms with Gasteiger partial charge in [-0.05, 0) is 36.4 Å². The van der Waals surface area contributed by atoms with Gasteiger partial charge in [0.2, 0.25) is 5.89 Å². The predicted octanol–water partition coefficient (Wildman–Crippen LogP) is 4.09. The van der Waals surface area contributed by atoms with Crippen molar-refractivity contribution in [2.45, 2.75) is 0 Å². The minimum absolute atomic E-state index is 0.113. The third-order valence-corrected chi connectivity index (χ3v) is 4.60. The van der Waals surface area contributed by atoms with Gasteiger partial charge in [0.1, 0.15) is 0 Å². The van der Waals surface area contributed by atoms with Gasteiger partial charge in [-0.25, -0.2) is 4.98 Å². The number of carbonyl (C=O) groups is 1. The Hall–Kier alpha value is -3.34. The highest BCUT2D eigenvalue weighted by atomic mass is 16.4. The summed E-state index contributed by atoms with van der Waals surface area (Å²) in [7, 11) is 3.98. The monoisotopic (exact) mass is 359 g/mol. The van der Waals surface area contributed by atoms with Crippen LogP contribution in [0.25, 0.3) is 22.8 Å². The Morgan fingerprint density at radius 1 is 0.963 bits per heavy atom. The summed E-state index contributed by atoms with van der Waals surface area (Å²) in [5, 5.41) is 0. The molecule has 0 N–H and O–H groups in total. The van der Waals surface area contributed by atoms with Crippen LogP contribution >= 0.6 is 0 Å². The van der Waals surface area contributed by atoms with Crippen molar-refractivity contribution in [2.24, 2.45) is 0 Å². The van der Waals surface area contributed by atoms with Crippen molar-refractivity contribution in [3.8, 4) is 22.8 Å². The third kappa shape index (κ3) is 3.36. The minimum atomic E-state index is -0.113. The standard InChI is InChI=1S/C22H21N3O2/c1-24(2)18-12-10-16(11-13-18)20-19(22(26)25-14-6-7-15-25)23-21(27-20)17-8-4-3-5-9-17/h3-13H,14-15H2,1-2H3. The van der Waals surface area contributed by atoms with Crippen LogP contribution in [0.3, 0.4) is 0 Å². The molecule has 1 amide bonds. The van der Waals surface area contributed by atoms with Gasteiger partial charge in [-0.3, -0.25) is 4.79 Å². The molecule has 0 aliphatic carbocycles. The van der Waals surface area contributed by atoms with Crippen LogP contribution in [0, 0.1) is 0 Å². The van der Waals surface area contributed by atoms with Gasteiger partial charge in [0.25, 0.3) is 5.91 Å². The summed E-state index contributed by atoms with van der Waals surface area (Å²) >= 11 is 0. The molecule has 3 aromatic rings. The number of hydrogen-bond acceptors (Lipinski definition) is 4. The second-order valence-corrected chi connectivity index (χ2v) is 6.69. The normalized spacial score (nSPS) is 13.2. The summed E-state index contributed by atoms with van der Waals surface area (Å²) < 4.78 is 6.08. The van der Waals surface area contributed by atoms with Crippen LogP contribution < -0.4 is 4.90 Å². The average molecular weight is 359 g/mol. The highest BCUT2D eigenvalue weighted by molar-refractivity contribution is 5.98. The number of anilines is 1. The summed E-state index contributed by atoms with van der Waals surface area (Å²) in [4.78, 5) is 21.4. The number of aromatic nitrogens is 1. The van der Waals surface area contributed by atoms with E-state index in [9.17, 15) is 4.79 Å². The summed E-state index contributed by atoms with van der Waals surface area (Å²) in [6.45, 7) is 1.21. The maximum atomic E-state index is 13.0. The first-order valence-corrected chi connectivity index (χ1v) is 8.92. The van der Waals surface area contributed by atoms with Crippen molar-refractivity contribution >= 4 is 11.6 Å². The molecule has 0 radical (unpaired) electrons. The Labute approximate surface area is 158 Å². The van der Waals surface area contributed by atoms with E-state index in [2.05, 4.69) is 4.98 Å². The number of nitrogens with zero attached hydrogens (tertiary/aromatic N) is 3. The van der Waals surface area contributed by atoms with Gasteiger partial charge in [-0.15, -0.1) is 0 Å². The molecule has 2 aromatic carbocycles. The molecule has 2 heterocycles. The molecule has 5 heteroatoms. The van der Waals surface area contributed by atoms with Gasteiger partial charge in [-0.2, -0.15) is 0 Å². The average Bonchev–Trinajstić information content (AvgIpc) is 3.38. The zero-order chi connectivity index (χ0) is 18.8. The lowest BCUT2D eigenvalue weighted by molar-refractivity contribution is 0.0795. The Bertz CT molecular complexity index is 965. The number of rotatable bonds is 4. The van der Waals surface area contributed by atoms with Crippen LogP contribution in [-0.4, -0.2) is 43.0 Å². The van der Waals surface area contributed by atoms with Crippen LogP contribution in [0.2, 0.25) is 0 Å². The van der Waals surface area contributed by atoms with E-state index in [0.717, 1.165) is 16.8 Å². The van der Waals surface area contributed by atoms with Gasteiger partial charge in [0.05, 0.1) is 0 Å². The van der Waals surface area contributed by atoms with Crippen LogP contribution in [-0.2, 0) is 0 Å². The maximum absolute atomic E-state index is 13.0. The second kappa shape index (κ2) is 7.11. The molecule has 0 saturated carbocycles. The Morgan fingerprint density at radius 3 is 2.26 bits per heavy atom. The molecular formula is C22H21N3O2. The number of oxazole rings is 1. The van der Waals surface area contributed by atoms with E-state index in [1.54, 1.807) is 4.90 Å². The largest absolute Gasteiger partial charge is 0.435 e. The molecular weight excluding hydrogens is 338 g/mol. The fraction of sp³-hybridized carbons (Fsp3) is 0.182. The van der Waals surface area contributed by atoms with Crippen molar-refractivity contribution in [1.82, 2.24) is 9.88 Å². The quantitative estimate of drug-likeness (QED) is 0.659. The Kier molecular flexibility index (Phi) is 4.50. The first-order valence-electron chi connectivity index (χ1n) is 8.92. The van der Waals surface area contributed by atoms with Gasteiger partial charge in [0, 0.05) is 44.0 Å². The lowest BCUT2D eigenvalue weighted by atomic mass is 10.1. The predicted molar refractivity (Wildman–Crippen MR) is 107 cm³/mol. The zero-order valence-corrected chi connectivity index (χ0v) is 15.4. The van der Waals surface area contributed by atoms with Gasteiger partial charge < -0.3 is 14.2 Å². The van der Waals surface area contributed by atoms with E-state index in [-0.39, 0.29) is 5.91 Å². The van der Waals surface area contributed by atoms with E-state index in [1.165, 1.54) is 0 Å². The highest BCUT2D eigenvalue weighted by Gasteiger charge is 2.26. The van der Waals surface area contributed by atoms with Crippen molar-refractivity contribution in [2.75, 3.05) is 32.1 Å². The van der Waals surface area contributed by atoms with E-state index in [1.807, 2.05) is 85.7 Å². The molecule has 136 valence electrons. The summed E-state index contributed by atoms with van der Waals surface area (Å²) in [6, 6.07) is 17.6. The number of benzene rings is 2. The van der Waals surface area contributed by atoms with Crippen LogP contribution in [0.1, 0.15) is 10.5 Å². The van der Waals surface area contributed by atoms with Crippen molar-refractivity contribution in [3.63, 3.8) is 0 Å². The summed E-state index contributed by atoms with van der Waals surface area (Å²) in [5.41, 5.74) is 3.13. The first kappa shape index (κ1) is 17.1. The Balaban J connectivity index is 1.78. The fourth-order valence-electron chi connectivity index (χ4n) is 3.07. The smallest absolute Gasteiger partial charge is 0.277 e. The van der Waals surface area contributed by atoms with Crippen molar-refractivity contribution < 1.29 is 9.21 Å². The minimum Gasteiger partial charge on any atom is -0.435 e. The molecule has 1 aliphatic heterocycles. The van der Waals surface area contributed by atoms with Gasteiger partial charge >= 0.3 is 0 Å². The molecule has 0 saturated heterocycles. The van der Waals surface area contributed by atoms with E-state index in [0.29, 0.717) is 30.4 Å². The molecule has 0 fully saturated rings. The third-order valence-electron chi connectivity index (χ3n) is 4.60. The molecule has 0 bridgehead atoms. The van der Waals surface area contributed by atoms with Crippen LogP contribution in [0.5, 0.6) is 0 Å². The SMILES string of the molecule is CN(C)c1ccc(-c2oc(-c3ccccc3)nc2C(=O)N2CC=CC2)cc1. The van der Waals surface area contributed by atoms with E-state index in [4.69, 9.17) is 4.42 Å². The molecule has 5 nitrogen and oxygen atoms in total. The second-order valence-electron chi connectivity index (χ2n) is 6.69. The molecule has 0 unspecified atom stereocenters. The maximum Gasteiger partial charge on any atom is 0.277 e. The van der Waals surface area contributed by atoms with Crippen molar-refractivity contribution in [1.29, 1.82) is 0 Å². The summed E-state index contributed by atoms with van der Waals surface area (Å²) in [5.74, 6) is 0.853. The van der Waals surface area contributed by atoms with Crippen LogP contribution in [0.4, 0.5) is 5.69 Å². The zero-order valence-electron chi connectivity index (χ0n) is 15.4. The van der Waals surface area contributed by atoms with Gasteiger partial charge in [-0.1, -0.05) is 30.4 Å². The highest BCUT2D eigenvalue weighted by Crippen LogP contribution is 2.32. The van der Waals surface area contributed by atoms with Gasteiger partial charge in [0.15, 0.2) is 11.5 Å². The molecule has 0 spiro atoms. The molecule has 0 atom stereocenters. The Morgan fingerprint density at radius 2 is 1.63 bits per heavy atom. The van der Waals surface area contributed by atoms with Crippen molar-refractivity contribution in [3.05, 3.63) is 72.4 Å². The topological polar surface area (TPSA) is 49.6 Å². The first-order chi connectivity index (χ1) is 13.1. The molecule has 1 aromatic heterocycles. The number of amides is 1. The lowest BCUT2D eigenvalue weighted by Gasteiger charge is -2.14. The number of carbonyl (C=O) groups excluding carboxylic acids is 1. The molecule has 4 rings (SSSR count). The molecule has 1 aliphatic rings. The fourth-order valence-corrected chi connectivity index (χ4v) is 3.07.